The predicted molar refractivity (Wildman–Crippen MR) is 67.4 cm³/mol. The maximum Gasteiger partial charge on any atom is 0.387 e. The number of ketones is 1. The molecule has 0 saturated carbocycles. The molecule has 0 unspecified atom stereocenters. The van der Waals surface area contributed by atoms with Gasteiger partial charge < -0.3 is 4.74 Å². The highest BCUT2D eigenvalue weighted by atomic mass is 19.3. The monoisotopic (exact) mass is 294 g/mol. The molecule has 0 aliphatic heterocycles. The fourth-order valence-electron chi connectivity index (χ4n) is 1.74. The summed E-state index contributed by atoms with van der Waals surface area (Å²) in [6, 6.07) is 6.16. The van der Waals surface area contributed by atoms with Gasteiger partial charge in [-0.25, -0.2) is 0 Å². The van der Waals surface area contributed by atoms with Gasteiger partial charge in [0.05, 0.1) is 4.92 Å². The van der Waals surface area contributed by atoms with E-state index in [0.717, 1.165) is 6.07 Å². The Morgan fingerprint density at radius 1 is 1.24 bits per heavy atom. The van der Waals surface area contributed by atoms with Crippen molar-refractivity contribution in [2.75, 3.05) is 0 Å². The maximum absolute atomic E-state index is 12.3. The standard InChI is InChI=1S/C13H8F2N2O4/c14-13(15)21-10-3-1-2-9(11(10)17(19)20)12(18)8-4-6-16-7-5-8/h1-7,13H. The number of hydrogen-bond acceptors (Lipinski definition) is 5. The molecule has 0 spiro atoms. The van der Waals surface area contributed by atoms with Gasteiger partial charge in [-0.2, -0.15) is 8.78 Å². The number of alkyl halides is 2. The van der Waals surface area contributed by atoms with Crippen molar-refractivity contribution in [2.24, 2.45) is 0 Å². The van der Waals surface area contributed by atoms with Crippen molar-refractivity contribution in [1.29, 1.82) is 0 Å². The number of carbonyl (C=O) groups is 1. The first-order chi connectivity index (χ1) is 10.0. The SMILES string of the molecule is O=C(c1ccncc1)c1cccc(OC(F)F)c1[N+](=O)[O-]. The lowest BCUT2D eigenvalue weighted by Gasteiger charge is -2.08. The van der Waals surface area contributed by atoms with Gasteiger partial charge in [-0.1, -0.05) is 6.07 Å². The quantitative estimate of drug-likeness (QED) is 0.481. The average Bonchev–Trinajstić information content (AvgIpc) is 2.46. The van der Waals surface area contributed by atoms with Crippen LogP contribution in [0.15, 0.2) is 42.7 Å². The highest BCUT2D eigenvalue weighted by molar-refractivity contribution is 6.11. The van der Waals surface area contributed by atoms with E-state index in [1.54, 1.807) is 0 Å². The Balaban J connectivity index is 2.53. The summed E-state index contributed by atoms with van der Waals surface area (Å²) in [6.45, 7) is -3.23. The van der Waals surface area contributed by atoms with Crippen molar-refractivity contribution < 1.29 is 23.2 Å². The first kappa shape index (κ1) is 14.5. The normalized spacial score (nSPS) is 10.4. The van der Waals surface area contributed by atoms with Crippen LogP contribution >= 0.6 is 0 Å². The molecule has 0 N–H and O–H groups in total. The van der Waals surface area contributed by atoms with Gasteiger partial charge in [0, 0.05) is 18.0 Å². The number of carbonyl (C=O) groups excluding carboxylic acids is 1. The van der Waals surface area contributed by atoms with Crippen LogP contribution in [-0.4, -0.2) is 22.3 Å². The van der Waals surface area contributed by atoms with E-state index < -0.39 is 28.8 Å². The second-order valence-electron chi connectivity index (χ2n) is 3.85. The summed E-state index contributed by atoms with van der Waals surface area (Å²) in [5.74, 6) is -1.33. The largest absolute Gasteiger partial charge is 0.427 e. The zero-order valence-corrected chi connectivity index (χ0v) is 10.4. The molecule has 0 aliphatic rings. The zero-order valence-electron chi connectivity index (χ0n) is 10.4. The van der Waals surface area contributed by atoms with Crippen molar-refractivity contribution in [1.82, 2.24) is 4.98 Å². The molecule has 1 aromatic carbocycles. The van der Waals surface area contributed by atoms with Crippen molar-refractivity contribution in [2.45, 2.75) is 6.61 Å². The molecule has 0 saturated heterocycles. The Morgan fingerprint density at radius 2 is 1.90 bits per heavy atom. The Labute approximate surface area is 117 Å². The summed E-state index contributed by atoms with van der Waals surface area (Å²) in [5.41, 5.74) is -0.966. The summed E-state index contributed by atoms with van der Waals surface area (Å²) >= 11 is 0. The van der Waals surface area contributed by atoms with Crippen LogP contribution in [0, 0.1) is 10.1 Å². The summed E-state index contributed by atoms with van der Waals surface area (Å²) in [7, 11) is 0. The van der Waals surface area contributed by atoms with Crippen LogP contribution in [0.25, 0.3) is 0 Å². The van der Waals surface area contributed by atoms with E-state index in [2.05, 4.69) is 9.72 Å². The van der Waals surface area contributed by atoms with Gasteiger partial charge in [0.25, 0.3) is 0 Å². The van der Waals surface area contributed by atoms with Crippen molar-refractivity contribution in [3.05, 3.63) is 64.0 Å². The number of para-hydroxylation sites is 1. The topological polar surface area (TPSA) is 82.3 Å². The number of aromatic nitrogens is 1. The lowest BCUT2D eigenvalue weighted by atomic mass is 10.0. The summed E-state index contributed by atoms with van der Waals surface area (Å²) in [5, 5.41) is 11.1. The van der Waals surface area contributed by atoms with Gasteiger partial charge >= 0.3 is 12.3 Å². The van der Waals surface area contributed by atoms with E-state index in [1.807, 2.05) is 0 Å². The van der Waals surface area contributed by atoms with E-state index in [-0.39, 0.29) is 11.1 Å². The number of nitrogens with zero attached hydrogens (tertiary/aromatic N) is 2. The molecule has 0 amide bonds. The number of halogens is 2. The van der Waals surface area contributed by atoms with E-state index in [4.69, 9.17) is 0 Å². The number of rotatable bonds is 5. The number of hydrogen-bond donors (Lipinski definition) is 0. The Morgan fingerprint density at radius 3 is 2.48 bits per heavy atom. The zero-order chi connectivity index (χ0) is 15.4. The Bertz CT molecular complexity index is 677. The van der Waals surface area contributed by atoms with Gasteiger partial charge in [0.1, 0.15) is 5.56 Å². The minimum atomic E-state index is -3.23. The van der Waals surface area contributed by atoms with Gasteiger partial charge in [0.2, 0.25) is 5.75 Å². The highest BCUT2D eigenvalue weighted by Crippen LogP contribution is 2.33. The van der Waals surface area contributed by atoms with E-state index >= 15 is 0 Å². The molecule has 0 aliphatic carbocycles. The van der Waals surface area contributed by atoms with Gasteiger partial charge in [-0.15, -0.1) is 0 Å². The molecule has 2 aromatic rings. The third kappa shape index (κ3) is 3.16. The highest BCUT2D eigenvalue weighted by Gasteiger charge is 2.27. The van der Waals surface area contributed by atoms with Gasteiger partial charge in [-0.05, 0) is 24.3 Å². The lowest BCUT2D eigenvalue weighted by Crippen LogP contribution is -2.09. The van der Waals surface area contributed by atoms with Crippen molar-refractivity contribution in [3.63, 3.8) is 0 Å². The minimum Gasteiger partial charge on any atom is -0.427 e. The fraction of sp³-hybridized carbons (Fsp3) is 0.0769. The predicted octanol–water partition coefficient (Wildman–Crippen LogP) is 2.82. The van der Waals surface area contributed by atoms with Crippen LogP contribution in [0.3, 0.4) is 0 Å². The molecule has 6 nitrogen and oxygen atoms in total. The van der Waals surface area contributed by atoms with Crippen LogP contribution in [-0.2, 0) is 0 Å². The molecule has 1 aromatic heterocycles. The molecule has 0 bridgehead atoms. The molecular formula is C13H8F2N2O4. The van der Waals surface area contributed by atoms with Crippen molar-refractivity contribution >= 4 is 11.5 Å². The lowest BCUT2D eigenvalue weighted by molar-refractivity contribution is -0.386. The van der Waals surface area contributed by atoms with Crippen LogP contribution < -0.4 is 4.74 Å². The van der Waals surface area contributed by atoms with Crippen molar-refractivity contribution in [3.8, 4) is 5.75 Å². The first-order valence-corrected chi connectivity index (χ1v) is 5.67. The van der Waals surface area contributed by atoms with Crippen LogP contribution in [0.4, 0.5) is 14.5 Å². The second kappa shape index (κ2) is 6.04. The van der Waals surface area contributed by atoms with Crippen LogP contribution in [0.1, 0.15) is 15.9 Å². The fourth-order valence-corrected chi connectivity index (χ4v) is 1.74. The third-order valence-corrected chi connectivity index (χ3v) is 2.58. The van der Waals surface area contributed by atoms with Gasteiger partial charge in [0.15, 0.2) is 5.78 Å². The number of ether oxygens (including phenoxy) is 1. The molecule has 1 heterocycles. The minimum absolute atomic E-state index is 0.155. The number of nitro groups is 1. The third-order valence-electron chi connectivity index (χ3n) is 2.58. The molecule has 8 heteroatoms. The van der Waals surface area contributed by atoms with E-state index in [1.165, 1.54) is 36.7 Å². The molecule has 0 radical (unpaired) electrons. The smallest absolute Gasteiger partial charge is 0.387 e. The Kier molecular flexibility index (Phi) is 4.17. The second-order valence-corrected chi connectivity index (χ2v) is 3.85. The molecule has 108 valence electrons. The Hall–Kier alpha value is -2.90. The number of nitro benzene ring substituents is 1. The van der Waals surface area contributed by atoms with Gasteiger partial charge in [-0.3, -0.25) is 19.9 Å². The molecule has 0 atom stereocenters. The first-order valence-electron chi connectivity index (χ1n) is 5.67. The molecule has 21 heavy (non-hydrogen) atoms. The summed E-state index contributed by atoms with van der Waals surface area (Å²) in [4.78, 5) is 26.1. The summed E-state index contributed by atoms with van der Waals surface area (Å²) < 4.78 is 28.7. The van der Waals surface area contributed by atoms with E-state index in [0.29, 0.717) is 0 Å². The molecular weight excluding hydrogens is 286 g/mol. The molecule has 2 rings (SSSR count). The number of pyridine rings is 1. The summed E-state index contributed by atoms with van der Waals surface area (Å²) in [6.07, 6.45) is 2.69. The number of benzene rings is 1. The maximum atomic E-state index is 12.3. The van der Waals surface area contributed by atoms with Crippen LogP contribution in [0.2, 0.25) is 0 Å². The average molecular weight is 294 g/mol. The van der Waals surface area contributed by atoms with E-state index in [9.17, 15) is 23.7 Å². The molecule has 0 fully saturated rings. The van der Waals surface area contributed by atoms with Crippen LogP contribution in [0.5, 0.6) is 5.75 Å².